The van der Waals surface area contributed by atoms with Gasteiger partial charge in [0.25, 0.3) is 0 Å². The van der Waals surface area contributed by atoms with E-state index in [1.54, 1.807) is 0 Å². The number of aliphatic hydroxyl groups excluding tert-OH is 1. The normalized spacial score (nSPS) is 14.2. The second-order valence-corrected chi connectivity index (χ2v) is 6.92. The zero-order valence-electron chi connectivity index (χ0n) is 8.23. The highest BCUT2D eigenvalue weighted by atomic mass is 32.2. The number of aryl methyl sites for hydroxylation is 1. The van der Waals surface area contributed by atoms with E-state index < -0.39 is 9.84 Å². The van der Waals surface area contributed by atoms with Gasteiger partial charge in [-0.3, -0.25) is 0 Å². The Morgan fingerprint density at radius 3 is 2.50 bits per heavy atom. The second kappa shape index (κ2) is 4.42. The third-order valence-electron chi connectivity index (χ3n) is 1.89. The Labute approximate surface area is 88.3 Å². The van der Waals surface area contributed by atoms with Crippen LogP contribution in [0.3, 0.4) is 0 Å². The minimum Gasteiger partial charge on any atom is -0.396 e. The number of aliphatic hydroxyl groups is 1. The molecule has 1 aromatic heterocycles. The first-order valence-electron chi connectivity index (χ1n) is 4.27. The number of thiophene rings is 1. The van der Waals surface area contributed by atoms with Gasteiger partial charge in [-0.25, -0.2) is 8.42 Å². The van der Waals surface area contributed by atoms with Crippen molar-refractivity contribution in [1.82, 2.24) is 0 Å². The van der Waals surface area contributed by atoms with Crippen LogP contribution in [-0.4, -0.2) is 32.1 Å². The molecular weight excluding hydrogens is 220 g/mol. The lowest BCUT2D eigenvalue weighted by molar-refractivity contribution is 0.275. The SMILES string of the molecule is Cc1ccc(C(CO)CS(C)(=O)=O)s1. The molecule has 1 heterocycles. The van der Waals surface area contributed by atoms with E-state index in [0.29, 0.717) is 0 Å². The average Bonchev–Trinajstić information content (AvgIpc) is 2.46. The van der Waals surface area contributed by atoms with Crippen molar-refractivity contribution in [2.24, 2.45) is 0 Å². The summed E-state index contributed by atoms with van der Waals surface area (Å²) in [6, 6.07) is 3.82. The molecule has 0 aliphatic rings. The third-order valence-corrected chi connectivity index (χ3v) is 4.06. The summed E-state index contributed by atoms with van der Waals surface area (Å²) in [4.78, 5) is 2.07. The van der Waals surface area contributed by atoms with Crippen molar-refractivity contribution in [2.45, 2.75) is 12.8 Å². The molecule has 0 amide bonds. The van der Waals surface area contributed by atoms with Gasteiger partial charge in [0.1, 0.15) is 9.84 Å². The van der Waals surface area contributed by atoms with E-state index >= 15 is 0 Å². The number of sulfone groups is 1. The van der Waals surface area contributed by atoms with E-state index in [4.69, 9.17) is 5.11 Å². The van der Waals surface area contributed by atoms with Crippen LogP contribution in [0, 0.1) is 6.92 Å². The van der Waals surface area contributed by atoms with Gasteiger partial charge in [-0.05, 0) is 19.1 Å². The standard InChI is InChI=1S/C9H14O3S2/c1-7-3-4-9(13-7)8(5-10)6-14(2,11)12/h3-4,8,10H,5-6H2,1-2H3. The van der Waals surface area contributed by atoms with Crippen molar-refractivity contribution in [1.29, 1.82) is 0 Å². The molecule has 0 aliphatic heterocycles. The topological polar surface area (TPSA) is 54.4 Å². The molecule has 1 aromatic rings. The first-order valence-corrected chi connectivity index (χ1v) is 7.15. The fourth-order valence-electron chi connectivity index (χ4n) is 1.26. The molecule has 0 fully saturated rings. The van der Waals surface area contributed by atoms with Gasteiger partial charge < -0.3 is 5.11 Å². The summed E-state index contributed by atoms with van der Waals surface area (Å²) in [6.07, 6.45) is 1.19. The molecule has 0 aliphatic carbocycles. The molecule has 0 spiro atoms. The summed E-state index contributed by atoms with van der Waals surface area (Å²) >= 11 is 1.54. The largest absolute Gasteiger partial charge is 0.396 e. The summed E-state index contributed by atoms with van der Waals surface area (Å²) in [7, 11) is -3.03. The fraction of sp³-hybridized carbons (Fsp3) is 0.556. The molecule has 0 saturated heterocycles. The predicted molar refractivity (Wildman–Crippen MR) is 58.6 cm³/mol. The van der Waals surface area contributed by atoms with E-state index in [0.717, 1.165) is 9.75 Å². The third kappa shape index (κ3) is 3.40. The van der Waals surface area contributed by atoms with E-state index in [1.165, 1.54) is 17.6 Å². The van der Waals surface area contributed by atoms with E-state index in [1.807, 2.05) is 19.1 Å². The molecule has 0 saturated carbocycles. The Balaban J connectivity index is 2.83. The molecule has 1 rings (SSSR count). The maximum Gasteiger partial charge on any atom is 0.148 e. The highest BCUT2D eigenvalue weighted by Gasteiger charge is 2.17. The van der Waals surface area contributed by atoms with Crippen LogP contribution in [0.25, 0.3) is 0 Å². The Morgan fingerprint density at radius 1 is 1.50 bits per heavy atom. The lowest BCUT2D eigenvalue weighted by Crippen LogP contribution is -2.15. The predicted octanol–water partition coefficient (Wildman–Crippen LogP) is 1.18. The minimum atomic E-state index is -3.03. The summed E-state index contributed by atoms with van der Waals surface area (Å²) in [5, 5.41) is 9.09. The maximum atomic E-state index is 11.1. The number of rotatable bonds is 4. The van der Waals surface area contributed by atoms with E-state index in [-0.39, 0.29) is 18.3 Å². The molecule has 0 aromatic carbocycles. The van der Waals surface area contributed by atoms with Crippen LogP contribution in [0.15, 0.2) is 12.1 Å². The van der Waals surface area contributed by atoms with E-state index in [9.17, 15) is 8.42 Å². The summed E-state index contributed by atoms with van der Waals surface area (Å²) in [6.45, 7) is 1.84. The second-order valence-electron chi connectivity index (χ2n) is 3.42. The minimum absolute atomic E-state index is 0.0173. The Kier molecular flexibility index (Phi) is 3.69. The molecule has 0 bridgehead atoms. The van der Waals surface area contributed by atoms with Crippen molar-refractivity contribution in [3.63, 3.8) is 0 Å². The van der Waals surface area contributed by atoms with Gasteiger partial charge in [-0.2, -0.15) is 0 Å². The van der Waals surface area contributed by atoms with Crippen molar-refractivity contribution < 1.29 is 13.5 Å². The van der Waals surface area contributed by atoms with Crippen LogP contribution in [-0.2, 0) is 9.84 Å². The monoisotopic (exact) mass is 234 g/mol. The summed E-state index contributed by atoms with van der Waals surface area (Å²) < 4.78 is 22.1. The zero-order chi connectivity index (χ0) is 10.8. The Morgan fingerprint density at radius 2 is 2.14 bits per heavy atom. The molecular formula is C9H14O3S2. The molecule has 1 unspecified atom stereocenters. The van der Waals surface area contributed by atoms with Crippen LogP contribution in [0.5, 0.6) is 0 Å². The Hall–Kier alpha value is -0.390. The van der Waals surface area contributed by atoms with Gasteiger partial charge in [-0.1, -0.05) is 0 Å². The van der Waals surface area contributed by atoms with Gasteiger partial charge in [-0.15, -0.1) is 11.3 Å². The molecule has 0 radical (unpaired) electrons. The van der Waals surface area contributed by atoms with Crippen LogP contribution >= 0.6 is 11.3 Å². The number of hydrogen-bond donors (Lipinski definition) is 1. The van der Waals surface area contributed by atoms with Gasteiger partial charge in [0.05, 0.1) is 12.4 Å². The number of hydrogen-bond acceptors (Lipinski definition) is 4. The molecule has 14 heavy (non-hydrogen) atoms. The maximum absolute atomic E-state index is 11.1. The van der Waals surface area contributed by atoms with Crippen LogP contribution in [0.4, 0.5) is 0 Å². The first kappa shape index (κ1) is 11.7. The van der Waals surface area contributed by atoms with Gasteiger partial charge in [0.2, 0.25) is 0 Å². The molecule has 3 nitrogen and oxygen atoms in total. The van der Waals surface area contributed by atoms with Gasteiger partial charge in [0, 0.05) is 21.9 Å². The smallest absolute Gasteiger partial charge is 0.148 e. The molecule has 80 valence electrons. The van der Waals surface area contributed by atoms with Crippen molar-refractivity contribution in [2.75, 3.05) is 18.6 Å². The quantitative estimate of drug-likeness (QED) is 0.851. The fourth-order valence-corrected chi connectivity index (χ4v) is 3.35. The van der Waals surface area contributed by atoms with E-state index in [2.05, 4.69) is 0 Å². The Bertz CT molecular complexity index is 392. The summed E-state index contributed by atoms with van der Waals surface area (Å²) in [5.74, 6) is -0.257. The van der Waals surface area contributed by atoms with Crippen LogP contribution < -0.4 is 0 Å². The highest BCUT2D eigenvalue weighted by molar-refractivity contribution is 7.90. The van der Waals surface area contributed by atoms with Crippen molar-refractivity contribution >= 4 is 21.2 Å². The van der Waals surface area contributed by atoms with Gasteiger partial charge >= 0.3 is 0 Å². The van der Waals surface area contributed by atoms with Gasteiger partial charge in [0.15, 0.2) is 0 Å². The summed E-state index contributed by atoms with van der Waals surface area (Å²) in [5.41, 5.74) is 0. The van der Waals surface area contributed by atoms with Crippen LogP contribution in [0.2, 0.25) is 0 Å². The van der Waals surface area contributed by atoms with Crippen molar-refractivity contribution in [3.05, 3.63) is 21.9 Å². The molecule has 1 atom stereocenters. The highest BCUT2D eigenvalue weighted by Crippen LogP contribution is 2.25. The zero-order valence-corrected chi connectivity index (χ0v) is 9.86. The molecule has 5 heteroatoms. The lowest BCUT2D eigenvalue weighted by Gasteiger charge is -2.10. The average molecular weight is 234 g/mol. The first-order chi connectivity index (χ1) is 6.42. The van der Waals surface area contributed by atoms with Crippen LogP contribution in [0.1, 0.15) is 15.7 Å². The molecule has 1 N–H and O–H groups in total. The van der Waals surface area contributed by atoms with Crippen molar-refractivity contribution in [3.8, 4) is 0 Å². The lowest BCUT2D eigenvalue weighted by atomic mass is 10.1.